The minimum absolute atomic E-state index is 0.172. The monoisotopic (exact) mass is 370 g/mol. The SMILES string of the molecule is O=C(N[C@H](c1nccs1)[C@@H]1CCCN(C(=O)C2CC2)C1)c1ccccn1. The molecule has 2 fully saturated rings. The highest BCUT2D eigenvalue weighted by Crippen LogP contribution is 2.35. The Labute approximate surface area is 156 Å². The number of carbonyl (C=O) groups is 2. The Bertz CT molecular complexity index is 761. The molecular formula is C19H22N4O2S. The van der Waals surface area contributed by atoms with Crippen molar-refractivity contribution in [3.05, 3.63) is 46.7 Å². The second-order valence-corrected chi connectivity index (χ2v) is 7.92. The van der Waals surface area contributed by atoms with Gasteiger partial charge in [-0.2, -0.15) is 0 Å². The molecule has 2 aromatic heterocycles. The number of piperidine rings is 1. The quantitative estimate of drug-likeness (QED) is 0.878. The van der Waals surface area contributed by atoms with Crippen LogP contribution < -0.4 is 5.32 Å². The van der Waals surface area contributed by atoms with E-state index in [1.165, 1.54) is 0 Å². The van der Waals surface area contributed by atoms with Crippen molar-refractivity contribution in [1.82, 2.24) is 20.2 Å². The fraction of sp³-hybridized carbons (Fsp3) is 0.474. The lowest BCUT2D eigenvalue weighted by Crippen LogP contribution is -2.45. The first-order chi connectivity index (χ1) is 12.7. The van der Waals surface area contributed by atoms with E-state index in [9.17, 15) is 9.59 Å². The average molecular weight is 370 g/mol. The second-order valence-electron chi connectivity index (χ2n) is 7.00. The van der Waals surface area contributed by atoms with E-state index in [1.54, 1.807) is 41.9 Å². The van der Waals surface area contributed by atoms with Crippen LogP contribution in [0.4, 0.5) is 0 Å². The predicted molar refractivity (Wildman–Crippen MR) is 98.6 cm³/mol. The molecule has 2 aliphatic rings. The highest BCUT2D eigenvalue weighted by molar-refractivity contribution is 7.09. The number of carbonyl (C=O) groups excluding carboxylic acids is 2. The first kappa shape index (κ1) is 17.1. The fourth-order valence-corrected chi connectivity index (χ4v) is 4.33. The number of hydrogen-bond acceptors (Lipinski definition) is 5. The van der Waals surface area contributed by atoms with E-state index in [2.05, 4.69) is 15.3 Å². The number of amides is 2. The summed E-state index contributed by atoms with van der Waals surface area (Å²) in [7, 11) is 0. The van der Waals surface area contributed by atoms with E-state index in [0.29, 0.717) is 12.2 Å². The minimum Gasteiger partial charge on any atom is -0.342 e. The lowest BCUT2D eigenvalue weighted by Gasteiger charge is -2.36. The summed E-state index contributed by atoms with van der Waals surface area (Å²) in [5.74, 6) is 0.487. The molecule has 0 radical (unpaired) electrons. The molecule has 1 aliphatic carbocycles. The molecular weight excluding hydrogens is 348 g/mol. The lowest BCUT2D eigenvalue weighted by molar-refractivity contribution is -0.134. The van der Waals surface area contributed by atoms with Gasteiger partial charge in [0, 0.05) is 42.7 Å². The van der Waals surface area contributed by atoms with Crippen LogP contribution in [0.1, 0.15) is 47.2 Å². The molecule has 2 aromatic rings. The van der Waals surface area contributed by atoms with Crippen molar-refractivity contribution in [2.45, 2.75) is 31.7 Å². The van der Waals surface area contributed by atoms with Crippen LogP contribution in [0.15, 0.2) is 36.0 Å². The maximum Gasteiger partial charge on any atom is 0.270 e. The summed E-state index contributed by atoms with van der Waals surface area (Å²) in [6.07, 6.45) is 7.35. The third-order valence-electron chi connectivity index (χ3n) is 5.07. The number of rotatable bonds is 5. The first-order valence-electron chi connectivity index (χ1n) is 9.12. The second kappa shape index (κ2) is 7.53. The van der Waals surface area contributed by atoms with E-state index in [4.69, 9.17) is 0 Å². The normalized spacial score (nSPS) is 21.2. The van der Waals surface area contributed by atoms with Crippen molar-refractivity contribution >= 4 is 23.2 Å². The molecule has 0 spiro atoms. The van der Waals surface area contributed by atoms with Crippen LogP contribution in [0, 0.1) is 11.8 Å². The Morgan fingerprint density at radius 2 is 2.08 bits per heavy atom. The number of likely N-dealkylation sites (tertiary alicyclic amines) is 1. The van der Waals surface area contributed by atoms with E-state index < -0.39 is 0 Å². The van der Waals surface area contributed by atoms with Gasteiger partial charge in [0.1, 0.15) is 10.7 Å². The summed E-state index contributed by atoms with van der Waals surface area (Å²) >= 11 is 1.54. The Balaban J connectivity index is 1.51. The third kappa shape index (κ3) is 3.77. The Kier molecular flexibility index (Phi) is 4.97. The molecule has 1 saturated carbocycles. The first-order valence-corrected chi connectivity index (χ1v) is 10.0. The average Bonchev–Trinajstić information content (AvgIpc) is 3.41. The molecule has 0 aromatic carbocycles. The third-order valence-corrected chi connectivity index (χ3v) is 5.93. The molecule has 1 saturated heterocycles. The Morgan fingerprint density at radius 3 is 2.77 bits per heavy atom. The summed E-state index contributed by atoms with van der Waals surface area (Å²) in [4.78, 5) is 35.7. The summed E-state index contributed by atoms with van der Waals surface area (Å²) < 4.78 is 0. The van der Waals surface area contributed by atoms with Crippen LogP contribution >= 0.6 is 11.3 Å². The van der Waals surface area contributed by atoms with E-state index in [1.807, 2.05) is 10.3 Å². The Hall–Kier alpha value is -2.28. The van der Waals surface area contributed by atoms with Crippen molar-refractivity contribution in [3.8, 4) is 0 Å². The van der Waals surface area contributed by atoms with Crippen LogP contribution in [0.2, 0.25) is 0 Å². The molecule has 2 atom stereocenters. The van der Waals surface area contributed by atoms with Crippen LogP contribution in [-0.4, -0.2) is 39.8 Å². The predicted octanol–water partition coefficient (Wildman–Crippen LogP) is 2.66. The van der Waals surface area contributed by atoms with Gasteiger partial charge in [0.15, 0.2) is 0 Å². The van der Waals surface area contributed by atoms with Gasteiger partial charge >= 0.3 is 0 Å². The van der Waals surface area contributed by atoms with E-state index in [0.717, 1.165) is 37.2 Å². The zero-order valence-corrected chi connectivity index (χ0v) is 15.3. The molecule has 1 aliphatic heterocycles. The maximum absolute atomic E-state index is 12.6. The standard InChI is InChI=1S/C19H22N4O2S/c24-17(15-5-1-2-8-20-15)22-16(18-21-9-11-26-18)14-4-3-10-23(12-14)19(25)13-6-7-13/h1-2,5,8-9,11,13-14,16H,3-4,6-7,10,12H2,(H,22,24)/t14-,16+/m1/s1. The van der Waals surface area contributed by atoms with Gasteiger partial charge in [-0.1, -0.05) is 6.07 Å². The number of pyridine rings is 1. The van der Waals surface area contributed by atoms with Gasteiger partial charge in [0.2, 0.25) is 5.91 Å². The van der Waals surface area contributed by atoms with Crippen LogP contribution in [-0.2, 0) is 4.79 Å². The van der Waals surface area contributed by atoms with Crippen LogP contribution in [0.25, 0.3) is 0 Å². The number of nitrogens with one attached hydrogen (secondary N) is 1. The molecule has 0 bridgehead atoms. The van der Waals surface area contributed by atoms with E-state index in [-0.39, 0.29) is 29.7 Å². The molecule has 4 rings (SSSR count). The smallest absolute Gasteiger partial charge is 0.270 e. The van der Waals surface area contributed by atoms with Crippen molar-refractivity contribution < 1.29 is 9.59 Å². The molecule has 26 heavy (non-hydrogen) atoms. The lowest BCUT2D eigenvalue weighted by atomic mass is 9.90. The zero-order chi connectivity index (χ0) is 17.9. The Morgan fingerprint density at radius 1 is 1.19 bits per heavy atom. The zero-order valence-electron chi connectivity index (χ0n) is 14.5. The molecule has 3 heterocycles. The summed E-state index contributed by atoms with van der Waals surface area (Å²) in [5.41, 5.74) is 0.399. The minimum atomic E-state index is -0.198. The van der Waals surface area contributed by atoms with Crippen LogP contribution in [0.3, 0.4) is 0 Å². The molecule has 1 N–H and O–H groups in total. The number of thiazole rings is 1. The van der Waals surface area contributed by atoms with Gasteiger partial charge in [-0.3, -0.25) is 14.6 Å². The summed E-state index contributed by atoms with van der Waals surface area (Å²) in [5, 5.41) is 5.93. The number of hydrogen-bond donors (Lipinski definition) is 1. The fourth-order valence-electron chi connectivity index (χ4n) is 3.55. The topological polar surface area (TPSA) is 75.2 Å². The van der Waals surface area contributed by atoms with Crippen LogP contribution in [0.5, 0.6) is 0 Å². The number of nitrogens with zero attached hydrogens (tertiary/aromatic N) is 3. The summed E-state index contributed by atoms with van der Waals surface area (Å²) in [6.45, 7) is 1.51. The molecule has 136 valence electrons. The van der Waals surface area contributed by atoms with Crippen molar-refractivity contribution in [2.75, 3.05) is 13.1 Å². The van der Waals surface area contributed by atoms with Gasteiger partial charge < -0.3 is 10.2 Å². The molecule has 7 heteroatoms. The highest BCUT2D eigenvalue weighted by Gasteiger charge is 2.38. The van der Waals surface area contributed by atoms with Gasteiger partial charge in [0.05, 0.1) is 6.04 Å². The molecule has 2 amide bonds. The maximum atomic E-state index is 12.6. The molecule has 6 nitrogen and oxygen atoms in total. The van der Waals surface area contributed by atoms with Gasteiger partial charge in [-0.05, 0) is 37.8 Å². The van der Waals surface area contributed by atoms with Crippen molar-refractivity contribution in [2.24, 2.45) is 11.8 Å². The van der Waals surface area contributed by atoms with Gasteiger partial charge in [0.25, 0.3) is 5.91 Å². The van der Waals surface area contributed by atoms with Gasteiger partial charge in [-0.15, -0.1) is 11.3 Å². The van der Waals surface area contributed by atoms with Crippen molar-refractivity contribution in [1.29, 1.82) is 0 Å². The van der Waals surface area contributed by atoms with E-state index >= 15 is 0 Å². The number of aromatic nitrogens is 2. The van der Waals surface area contributed by atoms with Crippen molar-refractivity contribution in [3.63, 3.8) is 0 Å². The highest BCUT2D eigenvalue weighted by atomic mass is 32.1. The summed E-state index contributed by atoms with van der Waals surface area (Å²) in [6, 6.07) is 5.10. The largest absolute Gasteiger partial charge is 0.342 e. The van der Waals surface area contributed by atoms with Gasteiger partial charge in [-0.25, -0.2) is 4.98 Å². The molecule has 0 unspecified atom stereocenters.